The molecule has 0 radical (unpaired) electrons. The molecule has 1 heterocycles. The Morgan fingerprint density at radius 1 is 1.04 bits per heavy atom. The molecular formula is C20H21N3O3S. The Labute approximate surface area is 162 Å². The molecule has 0 bridgehead atoms. The molecule has 0 aliphatic carbocycles. The molecule has 0 fully saturated rings. The molecule has 7 heteroatoms. The van der Waals surface area contributed by atoms with Crippen molar-refractivity contribution in [3.63, 3.8) is 0 Å². The van der Waals surface area contributed by atoms with Crippen LogP contribution in [0.2, 0.25) is 0 Å². The maximum absolute atomic E-state index is 12.1. The number of aromatic nitrogens is 2. The third kappa shape index (κ3) is 5.52. The first-order chi connectivity index (χ1) is 13.1. The second-order valence-corrected chi connectivity index (χ2v) is 6.93. The second-order valence-electron chi connectivity index (χ2n) is 5.95. The number of rotatable bonds is 8. The van der Waals surface area contributed by atoms with Crippen molar-refractivity contribution in [3.8, 4) is 22.1 Å². The van der Waals surface area contributed by atoms with Gasteiger partial charge in [0.05, 0.1) is 13.7 Å². The van der Waals surface area contributed by atoms with Crippen LogP contribution in [0.4, 0.5) is 5.13 Å². The minimum absolute atomic E-state index is 0.0973. The predicted octanol–water partition coefficient (Wildman–Crippen LogP) is 4.32. The molecule has 2 aromatic carbocycles. The van der Waals surface area contributed by atoms with Crippen LogP contribution in [0.5, 0.6) is 11.5 Å². The quantitative estimate of drug-likeness (QED) is 0.587. The Morgan fingerprint density at radius 2 is 1.74 bits per heavy atom. The van der Waals surface area contributed by atoms with Crippen molar-refractivity contribution in [1.29, 1.82) is 0 Å². The van der Waals surface area contributed by atoms with E-state index in [4.69, 9.17) is 9.47 Å². The van der Waals surface area contributed by atoms with Crippen LogP contribution in [-0.2, 0) is 4.79 Å². The van der Waals surface area contributed by atoms with E-state index < -0.39 is 0 Å². The van der Waals surface area contributed by atoms with Crippen molar-refractivity contribution in [2.45, 2.75) is 19.8 Å². The highest BCUT2D eigenvalue weighted by Gasteiger charge is 2.10. The summed E-state index contributed by atoms with van der Waals surface area (Å²) in [5.74, 6) is 1.50. The molecule has 1 aromatic heterocycles. The second kappa shape index (κ2) is 9.14. The highest BCUT2D eigenvalue weighted by atomic mass is 32.1. The van der Waals surface area contributed by atoms with Gasteiger partial charge >= 0.3 is 0 Å². The number of carbonyl (C=O) groups is 1. The summed E-state index contributed by atoms with van der Waals surface area (Å²) in [4.78, 5) is 12.1. The maximum Gasteiger partial charge on any atom is 0.226 e. The number of ether oxygens (including phenoxy) is 2. The average Bonchev–Trinajstić information content (AvgIpc) is 3.15. The van der Waals surface area contributed by atoms with Gasteiger partial charge in [0.1, 0.15) is 16.5 Å². The summed E-state index contributed by atoms with van der Waals surface area (Å²) in [5.41, 5.74) is 2.12. The summed E-state index contributed by atoms with van der Waals surface area (Å²) in [5, 5.41) is 12.2. The summed E-state index contributed by atoms with van der Waals surface area (Å²) < 4.78 is 10.8. The largest absolute Gasteiger partial charge is 0.497 e. The van der Waals surface area contributed by atoms with Crippen LogP contribution < -0.4 is 14.8 Å². The monoisotopic (exact) mass is 383 g/mol. The fraction of sp³-hybridized carbons (Fsp3) is 0.250. The molecule has 3 aromatic rings. The lowest BCUT2D eigenvalue weighted by molar-refractivity contribution is -0.116. The zero-order chi connectivity index (χ0) is 19.1. The predicted molar refractivity (Wildman–Crippen MR) is 106 cm³/mol. The van der Waals surface area contributed by atoms with Gasteiger partial charge in [-0.05, 0) is 49.7 Å². The van der Waals surface area contributed by atoms with E-state index in [1.807, 2.05) is 55.5 Å². The highest BCUT2D eigenvalue weighted by molar-refractivity contribution is 7.18. The Hall–Kier alpha value is -2.93. The Bertz CT molecular complexity index is 876. The molecule has 0 unspecified atom stereocenters. The van der Waals surface area contributed by atoms with Crippen molar-refractivity contribution in [2.24, 2.45) is 0 Å². The SMILES string of the molecule is COc1ccc(-c2nnc(NC(=O)CCCOc3ccc(C)cc3)s2)cc1. The van der Waals surface area contributed by atoms with Gasteiger partial charge in [-0.25, -0.2) is 0 Å². The fourth-order valence-electron chi connectivity index (χ4n) is 2.36. The first kappa shape index (κ1) is 18.8. The Morgan fingerprint density at radius 3 is 2.44 bits per heavy atom. The van der Waals surface area contributed by atoms with E-state index in [-0.39, 0.29) is 5.91 Å². The van der Waals surface area contributed by atoms with E-state index in [0.29, 0.717) is 24.6 Å². The van der Waals surface area contributed by atoms with Crippen LogP contribution in [0.1, 0.15) is 18.4 Å². The van der Waals surface area contributed by atoms with Gasteiger partial charge in [0.2, 0.25) is 11.0 Å². The lowest BCUT2D eigenvalue weighted by Gasteiger charge is -2.06. The van der Waals surface area contributed by atoms with Crippen molar-refractivity contribution in [1.82, 2.24) is 10.2 Å². The zero-order valence-corrected chi connectivity index (χ0v) is 16.1. The van der Waals surface area contributed by atoms with Gasteiger partial charge < -0.3 is 14.8 Å². The van der Waals surface area contributed by atoms with Gasteiger partial charge in [-0.3, -0.25) is 4.79 Å². The molecule has 0 aliphatic rings. The third-order valence-electron chi connectivity index (χ3n) is 3.85. The van der Waals surface area contributed by atoms with E-state index >= 15 is 0 Å². The molecular weight excluding hydrogens is 362 g/mol. The number of benzene rings is 2. The standard InChI is InChI=1S/C20H21N3O3S/c1-14-5-9-17(10-6-14)26-13-3-4-18(24)21-20-23-22-19(27-20)15-7-11-16(25-2)12-8-15/h5-12H,3-4,13H2,1-2H3,(H,21,23,24). The normalized spacial score (nSPS) is 10.4. The average molecular weight is 383 g/mol. The number of nitrogens with one attached hydrogen (secondary N) is 1. The zero-order valence-electron chi connectivity index (χ0n) is 15.3. The topological polar surface area (TPSA) is 73.3 Å². The highest BCUT2D eigenvalue weighted by Crippen LogP contribution is 2.27. The number of carbonyl (C=O) groups excluding carboxylic acids is 1. The van der Waals surface area contributed by atoms with Crippen LogP contribution in [0.15, 0.2) is 48.5 Å². The van der Waals surface area contributed by atoms with Crippen molar-refractivity contribution in [2.75, 3.05) is 19.0 Å². The molecule has 0 saturated heterocycles. The molecule has 1 amide bonds. The van der Waals surface area contributed by atoms with Gasteiger partial charge in [-0.2, -0.15) is 0 Å². The van der Waals surface area contributed by atoms with E-state index in [1.54, 1.807) is 7.11 Å². The molecule has 3 rings (SSSR count). The number of anilines is 1. The first-order valence-electron chi connectivity index (χ1n) is 8.61. The van der Waals surface area contributed by atoms with Crippen LogP contribution in [0.25, 0.3) is 10.6 Å². The molecule has 0 saturated carbocycles. The van der Waals surface area contributed by atoms with E-state index in [0.717, 1.165) is 22.1 Å². The van der Waals surface area contributed by atoms with Crippen molar-refractivity contribution >= 4 is 22.4 Å². The van der Waals surface area contributed by atoms with E-state index in [9.17, 15) is 4.79 Å². The molecule has 0 aliphatic heterocycles. The minimum atomic E-state index is -0.0973. The van der Waals surface area contributed by atoms with Gasteiger partial charge in [0.25, 0.3) is 0 Å². The van der Waals surface area contributed by atoms with E-state index in [1.165, 1.54) is 16.9 Å². The first-order valence-corrected chi connectivity index (χ1v) is 9.43. The number of amides is 1. The number of nitrogens with zero attached hydrogens (tertiary/aromatic N) is 2. The van der Waals surface area contributed by atoms with Crippen molar-refractivity contribution < 1.29 is 14.3 Å². The number of hydrogen-bond donors (Lipinski definition) is 1. The third-order valence-corrected chi connectivity index (χ3v) is 4.73. The summed E-state index contributed by atoms with van der Waals surface area (Å²) in [6.45, 7) is 2.52. The van der Waals surface area contributed by atoms with Crippen LogP contribution in [-0.4, -0.2) is 29.8 Å². The Kier molecular flexibility index (Phi) is 6.38. The fourth-order valence-corrected chi connectivity index (χ4v) is 3.13. The number of aryl methyl sites for hydroxylation is 1. The lowest BCUT2D eigenvalue weighted by atomic mass is 10.2. The molecule has 27 heavy (non-hydrogen) atoms. The number of hydrogen-bond acceptors (Lipinski definition) is 6. The van der Waals surface area contributed by atoms with Gasteiger partial charge in [-0.15, -0.1) is 10.2 Å². The molecule has 140 valence electrons. The molecule has 0 spiro atoms. The summed E-state index contributed by atoms with van der Waals surface area (Å²) >= 11 is 1.34. The van der Waals surface area contributed by atoms with Crippen molar-refractivity contribution in [3.05, 3.63) is 54.1 Å². The lowest BCUT2D eigenvalue weighted by Crippen LogP contribution is -2.12. The maximum atomic E-state index is 12.1. The van der Waals surface area contributed by atoms with Crippen LogP contribution in [0, 0.1) is 6.92 Å². The van der Waals surface area contributed by atoms with E-state index in [2.05, 4.69) is 15.5 Å². The number of methoxy groups -OCH3 is 1. The summed E-state index contributed by atoms with van der Waals surface area (Å²) in [6, 6.07) is 15.4. The Balaban J connectivity index is 1.44. The summed E-state index contributed by atoms with van der Waals surface area (Å²) in [7, 11) is 1.62. The van der Waals surface area contributed by atoms with Gasteiger partial charge in [0, 0.05) is 12.0 Å². The molecule has 6 nitrogen and oxygen atoms in total. The molecule has 0 atom stereocenters. The minimum Gasteiger partial charge on any atom is -0.497 e. The smallest absolute Gasteiger partial charge is 0.226 e. The molecule has 1 N–H and O–H groups in total. The van der Waals surface area contributed by atoms with Crippen LogP contribution >= 0.6 is 11.3 Å². The summed E-state index contributed by atoms with van der Waals surface area (Å²) in [6.07, 6.45) is 0.993. The van der Waals surface area contributed by atoms with Gasteiger partial charge in [-0.1, -0.05) is 29.0 Å². The van der Waals surface area contributed by atoms with Crippen LogP contribution in [0.3, 0.4) is 0 Å². The van der Waals surface area contributed by atoms with Gasteiger partial charge in [0.15, 0.2) is 0 Å².